The third-order valence-electron chi connectivity index (χ3n) is 3.64. The maximum atomic E-state index is 4.43. The third kappa shape index (κ3) is 4.57. The molecule has 21 heavy (non-hydrogen) atoms. The minimum absolute atomic E-state index is 0.833. The molecule has 2 aromatic rings. The minimum atomic E-state index is 0.833. The Morgan fingerprint density at radius 3 is 2.76 bits per heavy atom. The molecule has 0 fully saturated rings. The normalized spacial score (nSPS) is 10.6. The quantitative estimate of drug-likeness (QED) is 0.788. The monoisotopic (exact) mass is 283 g/mol. The Labute approximate surface area is 128 Å². The molecule has 0 saturated heterocycles. The van der Waals surface area contributed by atoms with E-state index in [1.54, 1.807) is 0 Å². The summed E-state index contributed by atoms with van der Waals surface area (Å²) in [5.74, 6) is 0. The van der Waals surface area contributed by atoms with Crippen molar-refractivity contribution in [3.63, 3.8) is 0 Å². The molecule has 2 rings (SSSR count). The van der Waals surface area contributed by atoms with Crippen molar-refractivity contribution in [2.24, 2.45) is 0 Å². The summed E-state index contributed by atoms with van der Waals surface area (Å²) in [6.07, 6.45) is 3.04. The van der Waals surface area contributed by atoms with Gasteiger partial charge >= 0.3 is 0 Å². The van der Waals surface area contributed by atoms with E-state index in [4.69, 9.17) is 0 Å². The number of anilines is 1. The molecule has 112 valence electrons. The Balaban J connectivity index is 2.03. The molecule has 0 aliphatic heterocycles. The van der Waals surface area contributed by atoms with Crippen molar-refractivity contribution in [3.05, 3.63) is 59.4 Å². The second kappa shape index (κ2) is 7.79. The number of hydrogen-bond donors (Lipinski definition) is 1. The molecular formula is C18H25N3. The Hall–Kier alpha value is -1.87. The van der Waals surface area contributed by atoms with E-state index in [9.17, 15) is 0 Å². The summed E-state index contributed by atoms with van der Waals surface area (Å²) in [6, 6.07) is 12.8. The Morgan fingerprint density at radius 2 is 2.00 bits per heavy atom. The van der Waals surface area contributed by atoms with Gasteiger partial charge in [0, 0.05) is 32.0 Å². The zero-order valence-electron chi connectivity index (χ0n) is 13.3. The van der Waals surface area contributed by atoms with Crippen LogP contribution in [0.3, 0.4) is 0 Å². The van der Waals surface area contributed by atoms with E-state index in [1.165, 1.54) is 16.8 Å². The highest BCUT2D eigenvalue weighted by Crippen LogP contribution is 2.17. The van der Waals surface area contributed by atoms with Crippen molar-refractivity contribution in [2.75, 3.05) is 18.5 Å². The molecule has 0 radical (unpaired) electrons. The zero-order chi connectivity index (χ0) is 15.1. The predicted molar refractivity (Wildman–Crippen MR) is 89.5 cm³/mol. The molecule has 0 bridgehead atoms. The number of benzene rings is 1. The van der Waals surface area contributed by atoms with Crippen molar-refractivity contribution in [2.45, 2.75) is 33.4 Å². The summed E-state index contributed by atoms with van der Waals surface area (Å²) in [7, 11) is 2.13. The first-order chi connectivity index (χ1) is 10.2. The van der Waals surface area contributed by atoms with Crippen LogP contribution in [-0.4, -0.2) is 18.6 Å². The van der Waals surface area contributed by atoms with E-state index in [1.807, 2.05) is 6.20 Å². The van der Waals surface area contributed by atoms with Gasteiger partial charge in [0.05, 0.1) is 5.69 Å². The Kier molecular flexibility index (Phi) is 5.76. The Morgan fingerprint density at radius 1 is 1.19 bits per heavy atom. The van der Waals surface area contributed by atoms with Crippen molar-refractivity contribution < 1.29 is 0 Å². The lowest BCUT2D eigenvalue weighted by atomic mass is 10.1. The fourth-order valence-corrected chi connectivity index (χ4v) is 2.33. The molecule has 0 unspecified atom stereocenters. The summed E-state index contributed by atoms with van der Waals surface area (Å²) < 4.78 is 0. The van der Waals surface area contributed by atoms with Gasteiger partial charge in [0.15, 0.2) is 0 Å². The second-order valence-corrected chi connectivity index (χ2v) is 5.46. The molecule has 0 aliphatic carbocycles. The molecule has 0 aliphatic rings. The van der Waals surface area contributed by atoms with Crippen LogP contribution in [0.25, 0.3) is 0 Å². The average molecular weight is 283 g/mol. The van der Waals surface area contributed by atoms with Gasteiger partial charge in [0.1, 0.15) is 0 Å². The van der Waals surface area contributed by atoms with Gasteiger partial charge in [-0.05, 0) is 43.1 Å². The maximum Gasteiger partial charge on any atom is 0.0562 e. The first kappa shape index (κ1) is 15.5. The highest BCUT2D eigenvalue weighted by Gasteiger charge is 2.05. The molecule has 0 spiro atoms. The molecule has 1 heterocycles. The lowest BCUT2D eigenvalue weighted by molar-refractivity contribution is 0.664. The smallest absolute Gasteiger partial charge is 0.0562 e. The number of aromatic nitrogens is 1. The summed E-state index contributed by atoms with van der Waals surface area (Å²) in [4.78, 5) is 6.70. The largest absolute Gasteiger partial charge is 0.370 e. The first-order valence-corrected chi connectivity index (χ1v) is 7.62. The van der Waals surface area contributed by atoms with Crippen LogP contribution in [0.15, 0.2) is 42.6 Å². The number of nitrogens with zero attached hydrogens (tertiary/aromatic N) is 2. The Bertz CT molecular complexity index is 566. The molecule has 1 N–H and O–H groups in total. The predicted octanol–water partition coefficient (Wildman–Crippen LogP) is 3.53. The number of pyridine rings is 1. The first-order valence-electron chi connectivity index (χ1n) is 7.62. The van der Waals surface area contributed by atoms with Crippen LogP contribution in [-0.2, 0) is 13.1 Å². The van der Waals surface area contributed by atoms with E-state index in [0.717, 1.165) is 31.7 Å². The topological polar surface area (TPSA) is 28.2 Å². The summed E-state index contributed by atoms with van der Waals surface area (Å²) in [6.45, 7) is 7.12. The number of aryl methyl sites for hydroxylation is 1. The summed E-state index contributed by atoms with van der Waals surface area (Å²) >= 11 is 0. The molecule has 0 atom stereocenters. The van der Waals surface area contributed by atoms with Gasteiger partial charge in [-0.2, -0.15) is 0 Å². The van der Waals surface area contributed by atoms with Crippen LogP contribution in [0, 0.1) is 6.92 Å². The van der Waals surface area contributed by atoms with Gasteiger partial charge in [0.25, 0.3) is 0 Å². The van der Waals surface area contributed by atoms with Crippen LogP contribution >= 0.6 is 0 Å². The number of rotatable bonds is 7. The third-order valence-corrected chi connectivity index (χ3v) is 3.64. The van der Waals surface area contributed by atoms with E-state index < -0.39 is 0 Å². The van der Waals surface area contributed by atoms with E-state index in [2.05, 4.69) is 72.5 Å². The molecular weight excluding hydrogens is 258 g/mol. The maximum absolute atomic E-state index is 4.43. The molecule has 1 aromatic heterocycles. The van der Waals surface area contributed by atoms with Crippen molar-refractivity contribution in [1.82, 2.24) is 10.3 Å². The lowest BCUT2D eigenvalue weighted by Gasteiger charge is -2.21. The van der Waals surface area contributed by atoms with E-state index >= 15 is 0 Å². The molecule has 1 aromatic carbocycles. The summed E-state index contributed by atoms with van der Waals surface area (Å²) in [5, 5.41) is 3.40. The van der Waals surface area contributed by atoms with Gasteiger partial charge in [-0.25, -0.2) is 0 Å². The van der Waals surface area contributed by atoms with Crippen LogP contribution in [0.2, 0.25) is 0 Å². The molecule has 0 saturated carbocycles. The van der Waals surface area contributed by atoms with Crippen molar-refractivity contribution in [1.29, 1.82) is 0 Å². The summed E-state index contributed by atoms with van der Waals surface area (Å²) in [5.41, 5.74) is 5.00. The molecule has 3 nitrogen and oxygen atoms in total. The van der Waals surface area contributed by atoms with Gasteiger partial charge in [-0.15, -0.1) is 0 Å². The average Bonchev–Trinajstić information content (AvgIpc) is 2.50. The van der Waals surface area contributed by atoms with Gasteiger partial charge in [-0.3, -0.25) is 4.98 Å². The fourth-order valence-electron chi connectivity index (χ4n) is 2.33. The second-order valence-electron chi connectivity index (χ2n) is 5.46. The van der Waals surface area contributed by atoms with Crippen molar-refractivity contribution >= 4 is 5.69 Å². The zero-order valence-corrected chi connectivity index (χ0v) is 13.3. The van der Waals surface area contributed by atoms with Crippen LogP contribution in [0.4, 0.5) is 5.69 Å². The highest BCUT2D eigenvalue weighted by atomic mass is 15.1. The van der Waals surface area contributed by atoms with E-state index in [-0.39, 0.29) is 0 Å². The van der Waals surface area contributed by atoms with Crippen LogP contribution < -0.4 is 10.2 Å². The van der Waals surface area contributed by atoms with Crippen LogP contribution in [0.1, 0.15) is 30.2 Å². The highest BCUT2D eigenvalue weighted by molar-refractivity contribution is 5.47. The lowest BCUT2D eigenvalue weighted by Crippen LogP contribution is -2.19. The number of nitrogens with one attached hydrogen (secondary N) is 1. The SMILES string of the molecule is CCCNCc1cc(N(C)Cc2ccccc2C)ccn1. The molecule has 0 amide bonds. The van der Waals surface area contributed by atoms with Gasteiger partial charge in [0.2, 0.25) is 0 Å². The minimum Gasteiger partial charge on any atom is -0.370 e. The van der Waals surface area contributed by atoms with Gasteiger partial charge in [-0.1, -0.05) is 31.2 Å². The van der Waals surface area contributed by atoms with Crippen molar-refractivity contribution in [3.8, 4) is 0 Å². The van der Waals surface area contributed by atoms with Crippen LogP contribution in [0.5, 0.6) is 0 Å². The van der Waals surface area contributed by atoms with Gasteiger partial charge < -0.3 is 10.2 Å². The van der Waals surface area contributed by atoms with E-state index in [0.29, 0.717) is 0 Å². The fraction of sp³-hybridized carbons (Fsp3) is 0.389. The standard InChI is InChI=1S/C18H25N3/c1-4-10-19-13-17-12-18(9-11-20-17)21(3)14-16-8-6-5-7-15(16)2/h5-9,11-12,19H,4,10,13-14H2,1-3H3. The number of hydrogen-bond acceptors (Lipinski definition) is 3. The molecule has 3 heteroatoms.